The Morgan fingerprint density at radius 2 is 1.82 bits per heavy atom. The molecule has 0 aliphatic carbocycles. The van der Waals surface area contributed by atoms with E-state index in [0.29, 0.717) is 5.82 Å². The molecule has 1 N–H and O–H groups in total. The van der Waals surface area contributed by atoms with Crippen LogP contribution in [0.15, 0.2) is 70.1 Å². The number of carbonyl (C=O) groups is 1. The van der Waals surface area contributed by atoms with Crippen LogP contribution in [-0.4, -0.2) is 25.6 Å². The first-order valence-electron chi connectivity index (χ1n) is 9.68. The van der Waals surface area contributed by atoms with Crippen LogP contribution >= 0.6 is 0 Å². The van der Waals surface area contributed by atoms with Crippen LogP contribution in [0.1, 0.15) is 28.1 Å². The van der Waals surface area contributed by atoms with Crippen LogP contribution in [0.5, 0.6) is 11.5 Å². The normalized spacial score (nSPS) is 11.7. The van der Waals surface area contributed by atoms with Gasteiger partial charge in [-0.05, 0) is 61.0 Å². The van der Waals surface area contributed by atoms with Gasteiger partial charge in [-0.15, -0.1) is 0 Å². The molecule has 0 fully saturated rings. The highest BCUT2D eigenvalue weighted by Crippen LogP contribution is 2.36. The molecule has 0 bridgehead atoms. The van der Waals surface area contributed by atoms with Crippen molar-refractivity contribution in [1.29, 1.82) is 0 Å². The van der Waals surface area contributed by atoms with E-state index in [-0.39, 0.29) is 32.9 Å². The molecule has 0 saturated carbocycles. The van der Waals surface area contributed by atoms with Crippen molar-refractivity contribution < 1.29 is 31.1 Å². The molecule has 0 saturated heterocycles. The van der Waals surface area contributed by atoms with E-state index in [4.69, 9.17) is 9.15 Å². The molecule has 0 spiro atoms. The minimum absolute atomic E-state index is 0.0394. The lowest BCUT2D eigenvalue weighted by molar-refractivity contribution is 0.102. The molecule has 0 aliphatic heterocycles. The van der Waals surface area contributed by atoms with E-state index in [1.807, 2.05) is 6.92 Å². The molecule has 4 aromatic rings. The molecule has 170 valence electrons. The Hall–Kier alpha value is -3.79. The number of aromatic nitrogens is 1. The molecule has 2 heterocycles. The first-order valence-corrected chi connectivity index (χ1v) is 11.6. The number of halogens is 2. The Bertz CT molecular complexity index is 1430. The summed E-state index contributed by atoms with van der Waals surface area (Å²) in [5.41, 5.74) is 1.06. The third-order valence-electron chi connectivity index (χ3n) is 4.73. The second-order valence-electron chi connectivity index (χ2n) is 7.36. The number of pyridine rings is 1. The van der Waals surface area contributed by atoms with Gasteiger partial charge in [-0.1, -0.05) is 6.07 Å². The highest BCUT2D eigenvalue weighted by atomic mass is 32.2. The number of hydrogen-bond acceptors (Lipinski definition) is 6. The number of hydrogen-bond donors (Lipinski definition) is 1. The summed E-state index contributed by atoms with van der Waals surface area (Å²) in [5, 5.41) is 2.87. The number of nitrogens with zero attached hydrogens (tertiary/aromatic N) is 1. The Kier molecular flexibility index (Phi) is 5.86. The molecular formula is C23H18F2N2O5S. The van der Waals surface area contributed by atoms with Gasteiger partial charge in [0, 0.05) is 18.0 Å². The smallest absolute Gasteiger partial charge is 0.295 e. The van der Waals surface area contributed by atoms with Gasteiger partial charge in [0.15, 0.2) is 15.6 Å². The van der Waals surface area contributed by atoms with E-state index in [0.717, 1.165) is 17.9 Å². The Morgan fingerprint density at radius 1 is 1.09 bits per heavy atom. The lowest BCUT2D eigenvalue weighted by Crippen LogP contribution is -2.13. The molecule has 10 heteroatoms. The summed E-state index contributed by atoms with van der Waals surface area (Å²) in [6.45, 7) is 1.86. The van der Waals surface area contributed by atoms with Crippen molar-refractivity contribution in [2.45, 2.75) is 18.2 Å². The Labute approximate surface area is 187 Å². The van der Waals surface area contributed by atoms with E-state index >= 15 is 0 Å². The summed E-state index contributed by atoms with van der Waals surface area (Å²) < 4.78 is 60.8. The topological polar surface area (TPSA) is 98.5 Å². The van der Waals surface area contributed by atoms with Crippen molar-refractivity contribution in [1.82, 2.24) is 4.98 Å². The average Bonchev–Trinajstić information content (AvgIpc) is 3.20. The number of amides is 1. The maximum Gasteiger partial charge on any atom is 0.295 e. The second kappa shape index (κ2) is 8.62. The van der Waals surface area contributed by atoms with Gasteiger partial charge in [-0.2, -0.15) is 0 Å². The predicted molar refractivity (Wildman–Crippen MR) is 118 cm³/mol. The summed E-state index contributed by atoms with van der Waals surface area (Å²) >= 11 is 0. The largest absolute Gasteiger partial charge is 0.457 e. The van der Waals surface area contributed by atoms with Crippen LogP contribution in [0.25, 0.3) is 11.0 Å². The predicted octanol–water partition coefficient (Wildman–Crippen LogP) is 5.52. The minimum Gasteiger partial charge on any atom is -0.457 e. The van der Waals surface area contributed by atoms with Crippen molar-refractivity contribution in [3.8, 4) is 11.5 Å². The SMILES string of the molecule is Cc1ccc(NC(=O)c2cc(Oc3ccc(S(C)(=O)=O)cc3)c3cc(C(F)F)oc3c2)nc1. The van der Waals surface area contributed by atoms with Crippen LogP contribution in [0, 0.1) is 6.92 Å². The zero-order valence-corrected chi connectivity index (χ0v) is 18.3. The maximum absolute atomic E-state index is 13.2. The molecule has 0 unspecified atom stereocenters. The van der Waals surface area contributed by atoms with Gasteiger partial charge in [0.25, 0.3) is 12.3 Å². The monoisotopic (exact) mass is 472 g/mol. The molecular weight excluding hydrogens is 454 g/mol. The quantitative estimate of drug-likeness (QED) is 0.397. The molecule has 7 nitrogen and oxygen atoms in total. The molecule has 0 atom stereocenters. The summed E-state index contributed by atoms with van der Waals surface area (Å²) in [6, 6.07) is 12.9. The van der Waals surface area contributed by atoms with E-state index in [1.165, 1.54) is 36.4 Å². The number of ether oxygens (including phenoxy) is 1. The Morgan fingerprint density at radius 3 is 2.42 bits per heavy atom. The standard InChI is InChI=1S/C23H18F2N2O5S/c1-13-3-8-21(26-12-13)27-23(28)14-9-18(17-11-20(22(24)25)32-19(17)10-14)31-15-4-6-16(7-5-15)33(2,29)30/h3-12,22H,1-2H3,(H,26,27,28). The zero-order valence-electron chi connectivity index (χ0n) is 17.5. The van der Waals surface area contributed by atoms with Crippen molar-refractivity contribution in [3.05, 3.63) is 77.7 Å². The fourth-order valence-corrected chi connectivity index (χ4v) is 3.69. The van der Waals surface area contributed by atoms with Crippen LogP contribution in [0.2, 0.25) is 0 Å². The van der Waals surface area contributed by atoms with Crippen molar-refractivity contribution in [2.75, 3.05) is 11.6 Å². The molecule has 2 aromatic heterocycles. The molecule has 33 heavy (non-hydrogen) atoms. The Balaban J connectivity index is 1.72. The lowest BCUT2D eigenvalue weighted by Gasteiger charge is -2.10. The van der Waals surface area contributed by atoms with E-state index in [1.54, 1.807) is 18.3 Å². The van der Waals surface area contributed by atoms with Crippen LogP contribution < -0.4 is 10.1 Å². The lowest BCUT2D eigenvalue weighted by atomic mass is 10.1. The zero-order chi connectivity index (χ0) is 23.8. The van der Waals surface area contributed by atoms with E-state index < -0.39 is 27.9 Å². The second-order valence-corrected chi connectivity index (χ2v) is 9.37. The van der Waals surface area contributed by atoms with Crippen LogP contribution in [0.3, 0.4) is 0 Å². The summed E-state index contributed by atoms with van der Waals surface area (Å²) in [6.07, 6.45) is -0.183. The molecule has 2 aromatic carbocycles. The van der Waals surface area contributed by atoms with Crippen molar-refractivity contribution >= 4 is 32.5 Å². The van der Waals surface area contributed by atoms with Gasteiger partial charge in [-0.25, -0.2) is 22.2 Å². The third-order valence-corrected chi connectivity index (χ3v) is 5.86. The highest BCUT2D eigenvalue weighted by molar-refractivity contribution is 7.90. The van der Waals surface area contributed by atoms with Gasteiger partial charge in [0.1, 0.15) is 22.9 Å². The fourth-order valence-electron chi connectivity index (χ4n) is 3.06. The number of fused-ring (bicyclic) bond motifs is 1. The summed E-state index contributed by atoms with van der Waals surface area (Å²) in [7, 11) is -3.40. The minimum atomic E-state index is -3.40. The van der Waals surface area contributed by atoms with Gasteiger partial charge >= 0.3 is 0 Å². The average molecular weight is 472 g/mol. The number of benzene rings is 2. The van der Waals surface area contributed by atoms with Gasteiger partial charge in [0.05, 0.1) is 10.3 Å². The van der Waals surface area contributed by atoms with Crippen LogP contribution in [0.4, 0.5) is 14.6 Å². The molecule has 0 aliphatic rings. The summed E-state index contributed by atoms with van der Waals surface area (Å²) in [4.78, 5) is 17.0. The number of anilines is 1. The number of alkyl halides is 2. The fraction of sp³-hybridized carbons (Fsp3) is 0.130. The van der Waals surface area contributed by atoms with E-state index in [2.05, 4.69) is 10.3 Å². The number of carbonyl (C=O) groups excluding carboxylic acids is 1. The van der Waals surface area contributed by atoms with E-state index in [9.17, 15) is 22.0 Å². The molecule has 0 radical (unpaired) electrons. The number of sulfone groups is 1. The molecule has 4 rings (SSSR count). The number of aryl methyl sites for hydroxylation is 1. The van der Waals surface area contributed by atoms with Gasteiger partial charge < -0.3 is 14.5 Å². The first kappa shape index (κ1) is 22.4. The van der Waals surface area contributed by atoms with Gasteiger partial charge in [-0.3, -0.25) is 4.79 Å². The molecule has 1 amide bonds. The first-order chi connectivity index (χ1) is 15.6. The number of furan rings is 1. The summed E-state index contributed by atoms with van der Waals surface area (Å²) in [5.74, 6) is -0.448. The number of nitrogens with one attached hydrogen (secondary N) is 1. The maximum atomic E-state index is 13.2. The highest BCUT2D eigenvalue weighted by Gasteiger charge is 2.20. The van der Waals surface area contributed by atoms with Crippen molar-refractivity contribution in [3.63, 3.8) is 0 Å². The number of rotatable bonds is 6. The van der Waals surface area contributed by atoms with Crippen molar-refractivity contribution in [2.24, 2.45) is 0 Å². The van der Waals surface area contributed by atoms with Crippen LogP contribution in [-0.2, 0) is 9.84 Å². The van der Waals surface area contributed by atoms with Gasteiger partial charge in [0.2, 0.25) is 0 Å². The third kappa shape index (κ3) is 5.01.